The van der Waals surface area contributed by atoms with E-state index in [-0.39, 0.29) is 5.97 Å². The molecule has 1 atom stereocenters. The normalized spacial score (nSPS) is 12.6. The summed E-state index contributed by atoms with van der Waals surface area (Å²) in [6.07, 6.45) is 0. The van der Waals surface area contributed by atoms with E-state index in [0.717, 1.165) is 16.9 Å². The third-order valence-corrected chi connectivity index (χ3v) is 2.81. The van der Waals surface area contributed by atoms with Crippen molar-refractivity contribution in [3.63, 3.8) is 0 Å². The van der Waals surface area contributed by atoms with Crippen LogP contribution in [0.25, 0.3) is 11.0 Å². The maximum Gasteiger partial charge on any atom is 0.324 e. The van der Waals surface area contributed by atoms with Crippen molar-refractivity contribution >= 4 is 17.0 Å². The van der Waals surface area contributed by atoms with Crippen molar-refractivity contribution in [1.82, 2.24) is 9.55 Å². The van der Waals surface area contributed by atoms with Crippen molar-refractivity contribution in [3.8, 4) is 0 Å². The first kappa shape index (κ1) is 12.6. The minimum atomic E-state index is -0.666. The number of para-hydroxylation sites is 2. The number of esters is 1. The maximum absolute atomic E-state index is 11.5. The standard InChI is InChI=1S/C13H17N3O2/c1-3-18-13(17)10(14)8-16-9(2)15-11-6-4-5-7-12(11)16/h4-7,10H,3,8,14H2,1-2H3. The van der Waals surface area contributed by atoms with Gasteiger partial charge in [-0.25, -0.2) is 4.98 Å². The molecule has 96 valence electrons. The van der Waals surface area contributed by atoms with Gasteiger partial charge in [-0.3, -0.25) is 4.79 Å². The summed E-state index contributed by atoms with van der Waals surface area (Å²) < 4.78 is 6.85. The molecule has 1 heterocycles. The lowest BCUT2D eigenvalue weighted by molar-refractivity contribution is -0.145. The quantitative estimate of drug-likeness (QED) is 0.825. The highest BCUT2D eigenvalue weighted by Gasteiger charge is 2.17. The Kier molecular flexibility index (Phi) is 3.62. The van der Waals surface area contributed by atoms with Gasteiger partial charge >= 0.3 is 5.97 Å². The number of ether oxygens (including phenoxy) is 1. The van der Waals surface area contributed by atoms with Gasteiger partial charge in [0.1, 0.15) is 11.9 Å². The lowest BCUT2D eigenvalue weighted by atomic mass is 10.3. The Morgan fingerprint density at radius 3 is 2.94 bits per heavy atom. The van der Waals surface area contributed by atoms with Crippen molar-refractivity contribution in [2.24, 2.45) is 5.73 Å². The fourth-order valence-corrected chi connectivity index (χ4v) is 1.95. The van der Waals surface area contributed by atoms with Crippen LogP contribution in [0.15, 0.2) is 24.3 Å². The first-order valence-electron chi connectivity index (χ1n) is 5.97. The second-order valence-electron chi connectivity index (χ2n) is 4.12. The minimum absolute atomic E-state index is 0.343. The molecule has 1 aromatic heterocycles. The average molecular weight is 247 g/mol. The van der Waals surface area contributed by atoms with Crippen molar-refractivity contribution in [2.45, 2.75) is 26.4 Å². The van der Waals surface area contributed by atoms with Crippen LogP contribution >= 0.6 is 0 Å². The first-order valence-corrected chi connectivity index (χ1v) is 5.97. The molecule has 0 aliphatic carbocycles. The molecule has 0 saturated heterocycles. The van der Waals surface area contributed by atoms with Gasteiger partial charge in [0.15, 0.2) is 0 Å². The van der Waals surface area contributed by atoms with Crippen LogP contribution in [0, 0.1) is 6.92 Å². The number of imidazole rings is 1. The zero-order valence-corrected chi connectivity index (χ0v) is 10.6. The highest BCUT2D eigenvalue weighted by molar-refractivity contribution is 5.78. The zero-order chi connectivity index (χ0) is 13.1. The molecule has 0 radical (unpaired) electrons. The van der Waals surface area contributed by atoms with Crippen LogP contribution < -0.4 is 5.73 Å². The molecule has 2 N–H and O–H groups in total. The molecular weight excluding hydrogens is 230 g/mol. The number of aryl methyl sites for hydroxylation is 1. The Balaban J connectivity index is 2.26. The number of carbonyl (C=O) groups excluding carboxylic acids is 1. The van der Waals surface area contributed by atoms with E-state index in [4.69, 9.17) is 10.5 Å². The number of carbonyl (C=O) groups is 1. The monoisotopic (exact) mass is 247 g/mol. The summed E-state index contributed by atoms with van der Waals surface area (Å²) in [5.74, 6) is 0.464. The fraction of sp³-hybridized carbons (Fsp3) is 0.385. The van der Waals surface area contributed by atoms with Gasteiger partial charge in [0.05, 0.1) is 24.2 Å². The van der Waals surface area contributed by atoms with Crippen molar-refractivity contribution in [2.75, 3.05) is 6.61 Å². The Morgan fingerprint density at radius 1 is 1.50 bits per heavy atom. The Morgan fingerprint density at radius 2 is 2.22 bits per heavy atom. The molecule has 18 heavy (non-hydrogen) atoms. The molecule has 0 aliphatic heterocycles. The van der Waals surface area contributed by atoms with E-state index in [0.29, 0.717) is 13.2 Å². The SMILES string of the molecule is CCOC(=O)C(N)Cn1c(C)nc2ccccc21. The van der Waals surface area contributed by atoms with Gasteiger partial charge in [-0.1, -0.05) is 12.1 Å². The average Bonchev–Trinajstić information content (AvgIpc) is 2.66. The summed E-state index contributed by atoms with van der Waals surface area (Å²) in [6.45, 7) is 4.39. The maximum atomic E-state index is 11.5. The summed E-state index contributed by atoms with van der Waals surface area (Å²) in [4.78, 5) is 16.0. The Hall–Kier alpha value is -1.88. The second kappa shape index (κ2) is 5.18. The Labute approximate surface area is 106 Å². The van der Waals surface area contributed by atoms with E-state index in [9.17, 15) is 4.79 Å². The second-order valence-corrected chi connectivity index (χ2v) is 4.12. The molecule has 0 fully saturated rings. The summed E-state index contributed by atoms with van der Waals surface area (Å²) in [7, 11) is 0. The number of nitrogens with zero attached hydrogens (tertiary/aromatic N) is 2. The van der Waals surface area contributed by atoms with Crippen molar-refractivity contribution in [3.05, 3.63) is 30.1 Å². The topological polar surface area (TPSA) is 70.1 Å². The van der Waals surface area contributed by atoms with E-state index in [2.05, 4.69) is 4.98 Å². The number of rotatable bonds is 4. The van der Waals surface area contributed by atoms with Crippen molar-refractivity contribution in [1.29, 1.82) is 0 Å². The van der Waals surface area contributed by atoms with E-state index in [1.165, 1.54) is 0 Å². The van der Waals surface area contributed by atoms with Crippen molar-refractivity contribution < 1.29 is 9.53 Å². The van der Waals surface area contributed by atoms with Gasteiger partial charge in [-0.2, -0.15) is 0 Å². The molecule has 0 aliphatic rings. The molecule has 0 spiro atoms. The molecule has 5 nitrogen and oxygen atoms in total. The largest absolute Gasteiger partial charge is 0.465 e. The van der Waals surface area contributed by atoms with Crippen LogP contribution in [0.3, 0.4) is 0 Å². The third-order valence-electron chi connectivity index (χ3n) is 2.81. The molecule has 5 heteroatoms. The summed E-state index contributed by atoms with van der Waals surface area (Å²) in [5, 5.41) is 0. The van der Waals surface area contributed by atoms with Gasteiger partial charge in [0, 0.05) is 0 Å². The van der Waals surface area contributed by atoms with Gasteiger partial charge in [0.2, 0.25) is 0 Å². The number of hydrogen-bond donors (Lipinski definition) is 1. The first-order chi connectivity index (χ1) is 8.63. The van der Waals surface area contributed by atoms with Crippen LogP contribution in [-0.4, -0.2) is 28.2 Å². The molecule has 0 saturated carbocycles. The third kappa shape index (κ3) is 2.36. The number of nitrogens with two attached hydrogens (primary N) is 1. The van der Waals surface area contributed by atoms with Crippen LogP contribution in [-0.2, 0) is 16.1 Å². The van der Waals surface area contributed by atoms with E-state index in [1.807, 2.05) is 35.8 Å². The van der Waals surface area contributed by atoms with Crippen LogP contribution in [0.5, 0.6) is 0 Å². The lowest BCUT2D eigenvalue weighted by Gasteiger charge is -2.13. The molecular formula is C13H17N3O2. The minimum Gasteiger partial charge on any atom is -0.465 e. The molecule has 2 aromatic rings. The van der Waals surface area contributed by atoms with E-state index < -0.39 is 6.04 Å². The summed E-state index contributed by atoms with van der Waals surface area (Å²) in [5.41, 5.74) is 7.72. The molecule has 0 bridgehead atoms. The summed E-state index contributed by atoms with van der Waals surface area (Å²) in [6, 6.07) is 7.11. The van der Waals surface area contributed by atoms with Crippen LogP contribution in [0.1, 0.15) is 12.7 Å². The fourth-order valence-electron chi connectivity index (χ4n) is 1.95. The Bertz CT molecular complexity index is 562. The smallest absolute Gasteiger partial charge is 0.324 e. The highest BCUT2D eigenvalue weighted by atomic mass is 16.5. The zero-order valence-electron chi connectivity index (χ0n) is 10.6. The highest BCUT2D eigenvalue weighted by Crippen LogP contribution is 2.15. The van der Waals surface area contributed by atoms with E-state index in [1.54, 1.807) is 6.92 Å². The molecule has 0 amide bonds. The lowest BCUT2D eigenvalue weighted by Crippen LogP contribution is -2.36. The number of hydrogen-bond acceptors (Lipinski definition) is 4. The molecule has 1 unspecified atom stereocenters. The number of fused-ring (bicyclic) bond motifs is 1. The van der Waals surface area contributed by atoms with Gasteiger partial charge in [0.25, 0.3) is 0 Å². The number of benzene rings is 1. The van der Waals surface area contributed by atoms with Gasteiger partial charge in [-0.15, -0.1) is 0 Å². The van der Waals surface area contributed by atoms with Crippen LogP contribution in [0.2, 0.25) is 0 Å². The van der Waals surface area contributed by atoms with E-state index >= 15 is 0 Å². The molecule has 2 rings (SSSR count). The molecule has 1 aromatic carbocycles. The number of aromatic nitrogens is 2. The van der Waals surface area contributed by atoms with Gasteiger partial charge < -0.3 is 15.0 Å². The predicted octanol–water partition coefficient (Wildman–Crippen LogP) is 1.24. The summed E-state index contributed by atoms with van der Waals surface area (Å²) >= 11 is 0. The van der Waals surface area contributed by atoms with Crippen LogP contribution in [0.4, 0.5) is 0 Å². The van der Waals surface area contributed by atoms with Gasteiger partial charge in [-0.05, 0) is 26.0 Å². The predicted molar refractivity (Wildman–Crippen MR) is 69.1 cm³/mol.